The predicted molar refractivity (Wildman–Crippen MR) is 21.0 cm³/mol. The van der Waals surface area contributed by atoms with Crippen molar-refractivity contribution in [2.24, 2.45) is 0 Å². The van der Waals surface area contributed by atoms with Crippen LogP contribution in [0, 0.1) is 7.43 Å². The van der Waals surface area contributed by atoms with Crippen LogP contribution in [-0.4, -0.2) is 12.6 Å². The zero-order chi connectivity index (χ0) is 6.78. The lowest BCUT2D eigenvalue weighted by Crippen LogP contribution is -2.12. The van der Waals surface area contributed by atoms with Gasteiger partial charge in [-0.25, -0.2) is 8.78 Å². The van der Waals surface area contributed by atoms with E-state index in [4.69, 9.17) is 0 Å². The molecule has 3 radical (unpaired) electrons. The molecule has 55 valence electrons. The number of hydrogen-bond acceptors (Lipinski definition) is 0. The molecule has 0 fully saturated rings. The molecule has 0 aliphatic rings. The highest BCUT2D eigenvalue weighted by Crippen LogP contribution is 2.22. The molecule has 0 nitrogen and oxygen atoms in total. The Morgan fingerprint density at radius 1 is 1.11 bits per heavy atom. The van der Waals surface area contributed by atoms with Crippen LogP contribution >= 0.6 is 0 Å². The average Bonchev–Trinajstić information content (AvgIpc) is 1.21. The fourth-order valence-electron chi connectivity index (χ4n) is 0.175. The third kappa shape index (κ3) is 11.3. The van der Waals surface area contributed by atoms with Crippen LogP contribution < -0.4 is 0 Å². The van der Waals surface area contributed by atoms with Crippen LogP contribution in [0.2, 0.25) is 0 Å². The fourth-order valence-corrected chi connectivity index (χ4v) is 0.175. The first-order valence-electron chi connectivity index (χ1n) is 1.77. The van der Waals surface area contributed by atoms with E-state index in [0.29, 0.717) is 0 Å². The Labute approximate surface area is 49.7 Å². The van der Waals surface area contributed by atoms with Crippen LogP contribution in [0.1, 0.15) is 6.42 Å². The van der Waals surface area contributed by atoms with Crippen molar-refractivity contribution >= 4 is 0 Å². The van der Waals surface area contributed by atoms with Crippen LogP contribution in [-0.2, 0) is 0 Å². The maximum atomic E-state index is 10.8. The Balaban J connectivity index is 0. The molecule has 0 unspecified atom stereocenters. The average molecular weight is 147 g/mol. The summed E-state index contributed by atoms with van der Waals surface area (Å²) in [5, 5.41) is 0. The van der Waals surface area contributed by atoms with E-state index in [0.717, 1.165) is 0 Å². The SMILES string of the molecule is FC(F)CC(F)(F)F.[CH]. The third-order valence-corrected chi connectivity index (χ3v) is 0.386. The van der Waals surface area contributed by atoms with Crippen molar-refractivity contribution in [2.45, 2.75) is 19.0 Å². The zero-order valence-corrected chi connectivity index (χ0v) is 4.25. The second kappa shape index (κ2) is 3.63. The van der Waals surface area contributed by atoms with E-state index in [1.165, 1.54) is 0 Å². The molecule has 0 aliphatic carbocycles. The van der Waals surface area contributed by atoms with E-state index in [1.54, 1.807) is 0 Å². The Morgan fingerprint density at radius 3 is 1.44 bits per heavy atom. The van der Waals surface area contributed by atoms with Gasteiger partial charge in [0.25, 0.3) is 0 Å². The van der Waals surface area contributed by atoms with Crippen molar-refractivity contribution in [2.75, 3.05) is 0 Å². The first-order chi connectivity index (χ1) is 3.42. The molecular formula is C4H4F5. The molecule has 5 heteroatoms. The molecule has 0 aromatic rings. The summed E-state index contributed by atoms with van der Waals surface area (Å²) in [7, 11) is 0. The smallest absolute Gasteiger partial charge is 0.210 e. The summed E-state index contributed by atoms with van der Waals surface area (Å²) in [6.07, 6.45) is -10.0. The molecule has 0 aromatic carbocycles. The topological polar surface area (TPSA) is 0 Å². The molecule has 0 saturated carbocycles. The van der Waals surface area contributed by atoms with Gasteiger partial charge in [0, 0.05) is 0 Å². The fraction of sp³-hybridized carbons (Fsp3) is 0.750. The van der Waals surface area contributed by atoms with E-state index >= 15 is 0 Å². The quantitative estimate of drug-likeness (QED) is 0.499. The first-order valence-corrected chi connectivity index (χ1v) is 1.77. The van der Waals surface area contributed by atoms with Crippen molar-refractivity contribution in [3.05, 3.63) is 7.43 Å². The molecule has 9 heavy (non-hydrogen) atoms. The van der Waals surface area contributed by atoms with Crippen molar-refractivity contribution in [3.8, 4) is 0 Å². The maximum Gasteiger partial charge on any atom is 0.394 e. The standard InChI is InChI=1S/C3H3F5.CH/c4-2(5)1-3(6,7)8;/h2H,1H2;1H. The largest absolute Gasteiger partial charge is 0.394 e. The van der Waals surface area contributed by atoms with Gasteiger partial charge in [0.05, 0.1) is 0 Å². The Hall–Kier alpha value is -0.350. The van der Waals surface area contributed by atoms with E-state index in [9.17, 15) is 22.0 Å². The molecule has 0 aliphatic heterocycles. The van der Waals surface area contributed by atoms with E-state index in [-0.39, 0.29) is 7.43 Å². The summed E-state index contributed by atoms with van der Waals surface area (Å²) in [6.45, 7) is 0. The first kappa shape index (κ1) is 11.4. The Morgan fingerprint density at radius 2 is 1.44 bits per heavy atom. The number of hydrogen-bond donors (Lipinski definition) is 0. The summed E-state index contributed by atoms with van der Waals surface area (Å²) >= 11 is 0. The van der Waals surface area contributed by atoms with Gasteiger partial charge < -0.3 is 0 Å². The van der Waals surface area contributed by atoms with Gasteiger partial charge in [-0.05, 0) is 7.43 Å². The molecule has 0 N–H and O–H groups in total. The van der Waals surface area contributed by atoms with E-state index in [2.05, 4.69) is 0 Å². The lowest BCUT2D eigenvalue weighted by atomic mass is 10.4. The molecule has 0 amide bonds. The lowest BCUT2D eigenvalue weighted by molar-refractivity contribution is -0.158. The second-order valence-corrected chi connectivity index (χ2v) is 1.21. The van der Waals surface area contributed by atoms with Gasteiger partial charge in [0.1, 0.15) is 6.42 Å². The maximum absolute atomic E-state index is 10.8. The normalized spacial score (nSPS) is 11.3. The van der Waals surface area contributed by atoms with E-state index < -0.39 is 19.0 Å². The Bertz CT molecular complexity index is 63.8. The van der Waals surface area contributed by atoms with Gasteiger partial charge in [0.15, 0.2) is 0 Å². The molecule has 0 saturated heterocycles. The van der Waals surface area contributed by atoms with Crippen molar-refractivity contribution in [1.29, 1.82) is 0 Å². The highest BCUT2D eigenvalue weighted by Gasteiger charge is 2.31. The minimum absolute atomic E-state index is 0. The molecular weight excluding hydrogens is 143 g/mol. The Kier molecular flexibility index (Phi) is 4.62. The van der Waals surface area contributed by atoms with Crippen LogP contribution in [0.4, 0.5) is 22.0 Å². The van der Waals surface area contributed by atoms with Crippen LogP contribution in [0.15, 0.2) is 0 Å². The minimum Gasteiger partial charge on any atom is -0.210 e. The molecule has 0 atom stereocenters. The third-order valence-electron chi connectivity index (χ3n) is 0.386. The van der Waals surface area contributed by atoms with Gasteiger partial charge in [-0.3, -0.25) is 0 Å². The summed E-state index contributed by atoms with van der Waals surface area (Å²) in [4.78, 5) is 0. The highest BCUT2D eigenvalue weighted by molar-refractivity contribution is 4.50. The van der Waals surface area contributed by atoms with Gasteiger partial charge in [-0.15, -0.1) is 0 Å². The summed E-state index contributed by atoms with van der Waals surface area (Å²) in [5.41, 5.74) is 0. The van der Waals surface area contributed by atoms with Gasteiger partial charge in [0.2, 0.25) is 6.43 Å². The van der Waals surface area contributed by atoms with Gasteiger partial charge in [-0.1, -0.05) is 0 Å². The van der Waals surface area contributed by atoms with Gasteiger partial charge in [-0.2, -0.15) is 13.2 Å². The molecule has 0 rings (SSSR count). The summed E-state index contributed by atoms with van der Waals surface area (Å²) in [6, 6.07) is 0. The highest BCUT2D eigenvalue weighted by atomic mass is 19.4. The van der Waals surface area contributed by atoms with Crippen molar-refractivity contribution in [1.82, 2.24) is 0 Å². The molecule has 0 spiro atoms. The summed E-state index contributed by atoms with van der Waals surface area (Å²) in [5.74, 6) is 0. The minimum atomic E-state index is -4.73. The summed E-state index contributed by atoms with van der Waals surface area (Å²) < 4.78 is 54.1. The monoisotopic (exact) mass is 147 g/mol. The van der Waals surface area contributed by atoms with Crippen molar-refractivity contribution < 1.29 is 22.0 Å². The van der Waals surface area contributed by atoms with Crippen LogP contribution in [0.25, 0.3) is 0 Å². The lowest BCUT2D eigenvalue weighted by Gasteiger charge is -2.02. The van der Waals surface area contributed by atoms with Crippen LogP contribution in [0.3, 0.4) is 0 Å². The molecule has 0 bridgehead atoms. The van der Waals surface area contributed by atoms with Crippen molar-refractivity contribution in [3.63, 3.8) is 0 Å². The predicted octanol–water partition coefficient (Wildman–Crippen LogP) is 2.41. The number of halogens is 5. The zero-order valence-electron chi connectivity index (χ0n) is 4.25. The van der Waals surface area contributed by atoms with Gasteiger partial charge >= 0.3 is 6.18 Å². The molecule has 0 aromatic heterocycles. The number of alkyl halides is 5. The van der Waals surface area contributed by atoms with E-state index in [1.807, 2.05) is 0 Å². The number of rotatable bonds is 1. The molecule has 0 heterocycles. The van der Waals surface area contributed by atoms with Crippen LogP contribution in [0.5, 0.6) is 0 Å². The second-order valence-electron chi connectivity index (χ2n) is 1.21.